The molecule has 1 fully saturated rings. The van der Waals surface area contributed by atoms with E-state index in [1.54, 1.807) is 9.47 Å². The lowest BCUT2D eigenvalue weighted by atomic mass is 9.94. The Morgan fingerprint density at radius 1 is 1.15 bits per heavy atom. The summed E-state index contributed by atoms with van der Waals surface area (Å²) in [5.74, 6) is -0.611. The normalized spacial score (nSPS) is 21.7. The first-order valence-corrected chi connectivity index (χ1v) is 14.0. The van der Waals surface area contributed by atoms with Crippen molar-refractivity contribution >= 4 is 23.5 Å². The fraction of sp³-hybridized carbons (Fsp3) is 0.552. The van der Waals surface area contributed by atoms with Crippen molar-refractivity contribution < 1.29 is 24.2 Å². The maximum atomic E-state index is 14.1. The molecule has 0 spiro atoms. The highest BCUT2D eigenvalue weighted by atomic mass is 16.6. The van der Waals surface area contributed by atoms with Crippen LogP contribution in [0.2, 0.25) is 0 Å². The quantitative estimate of drug-likeness (QED) is 0.508. The highest BCUT2D eigenvalue weighted by Gasteiger charge is 2.40. The number of carboxylic acids is 1. The van der Waals surface area contributed by atoms with Gasteiger partial charge < -0.3 is 24.4 Å². The number of fused-ring (bicyclic) bond motifs is 4. The molecule has 41 heavy (non-hydrogen) atoms. The summed E-state index contributed by atoms with van der Waals surface area (Å²) in [4.78, 5) is 47.4. The summed E-state index contributed by atoms with van der Waals surface area (Å²) in [5, 5.41) is 14.7. The van der Waals surface area contributed by atoms with Crippen molar-refractivity contribution in [2.75, 3.05) is 31.1 Å². The van der Waals surface area contributed by atoms with E-state index in [4.69, 9.17) is 14.5 Å². The molecule has 1 saturated heterocycles. The molecule has 1 N–H and O–H groups in total. The predicted molar refractivity (Wildman–Crippen MR) is 150 cm³/mol. The van der Waals surface area contributed by atoms with Crippen LogP contribution in [-0.4, -0.2) is 73.0 Å². The Labute approximate surface area is 237 Å². The van der Waals surface area contributed by atoms with Gasteiger partial charge in [0.15, 0.2) is 5.82 Å². The minimum atomic E-state index is -0.983. The fourth-order valence-electron chi connectivity index (χ4n) is 6.20. The minimum Gasteiger partial charge on any atom is -0.480 e. The van der Waals surface area contributed by atoms with Gasteiger partial charge in [-0.05, 0) is 58.2 Å². The Hall–Kier alpha value is -3.93. The zero-order chi connectivity index (χ0) is 29.4. The maximum absolute atomic E-state index is 14.1. The predicted octanol–water partition coefficient (Wildman–Crippen LogP) is 3.51. The van der Waals surface area contributed by atoms with Gasteiger partial charge in [-0.2, -0.15) is 9.50 Å². The number of carbonyl (C=O) groups excluding carboxylic acids is 1. The second-order valence-corrected chi connectivity index (χ2v) is 12.7. The van der Waals surface area contributed by atoms with E-state index in [0.717, 1.165) is 16.7 Å². The number of carboxylic acid groups (broad SMARTS) is 1. The van der Waals surface area contributed by atoms with Gasteiger partial charge >= 0.3 is 12.1 Å². The molecular weight excluding hydrogens is 528 g/mol. The molecule has 12 nitrogen and oxygen atoms in total. The van der Waals surface area contributed by atoms with E-state index in [0.29, 0.717) is 56.4 Å². The molecule has 1 amide bonds. The Bertz CT molecular complexity index is 1630. The van der Waals surface area contributed by atoms with Crippen LogP contribution in [0.3, 0.4) is 0 Å². The number of rotatable bonds is 3. The summed E-state index contributed by atoms with van der Waals surface area (Å²) in [5.41, 5.74) is 2.58. The van der Waals surface area contributed by atoms with Crippen molar-refractivity contribution in [3.8, 4) is 11.4 Å². The van der Waals surface area contributed by atoms with Gasteiger partial charge in [-0.25, -0.2) is 9.59 Å². The second kappa shape index (κ2) is 9.30. The van der Waals surface area contributed by atoms with Gasteiger partial charge in [0.05, 0.1) is 17.9 Å². The van der Waals surface area contributed by atoms with E-state index < -0.39 is 23.7 Å². The molecule has 3 aliphatic heterocycles. The third-order valence-electron chi connectivity index (χ3n) is 8.19. The number of hydrogen-bond acceptors (Lipinski definition) is 8. The molecule has 218 valence electrons. The SMILES string of the molecule is CC1CC(C(=O)O)n2c1c(N1CCN(C(=O)OC(C)(C)C)CC1)c(=O)n1nc(-c3ccc4c(c3)COC4(C)C)nc21. The van der Waals surface area contributed by atoms with E-state index >= 15 is 0 Å². The summed E-state index contributed by atoms with van der Waals surface area (Å²) in [7, 11) is 0. The van der Waals surface area contributed by atoms with Crippen LogP contribution in [-0.2, 0) is 26.5 Å². The van der Waals surface area contributed by atoms with Crippen LogP contribution in [0.25, 0.3) is 17.2 Å². The Balaban J connectivity index is 1.42. The van der Waals surface area contributed by atoms with Crippen LogP contribution in [0.15, 0.2) is 23.0 Å². The Morgan fingerprint density at radius 3 is 2.51 bits per heavy atom. The van der Waals surface area contributed by atoms with Gasteiger partial charge in [-0.3, -0.25) is 9.36 Å². The minimum absolute atomic E-state index is 0.188. The molecule has 2 unspecified atom stereocenters. The Kier molecular flexibility index (Phi) is 6.18. The van der Waals surface area contributed by atoms with Crippen molar-refractivity contribution in [3.63, 3.8) is 0 Å². The lowest BCUT2D eigenvalue weighted by Gasteiger charge is -2.37. The number of hydrogen-bond donors (Lipinski definition) is 1. The highest BCUT2D eigenvalue weighted by molar-refractivity contribution is 5.76. The maximum Gasteiger partial charge on any atom is 0.410 e. The van der Waals surface area contributed by atoms with Crippen LogP contribution >= 0.6 is 0 Å². The summed E-state index contributed by atoms with van der Waals surface area (Å²) in [6.07, 6.45) is -0.0508. The number of aromatic nitrogens is 4. The summed E-state index contributed by atoms with van der Waals surface area (Å²) in [6, 6.07) is 5.00. The first-order chi connectivity index (χ1) is 19.2. The number of anilines is 1. The average molecular weight is 565 g/mol. The first-order valence-electron chi connectivity index (χ1n) is 14.0. The molecule has 2 atom stereocenters. The molecule has 3 aliphatic rings. The number of piperazine rings is 1. The third-order valence-corrected chi connectivity index (χ3v) is 8.19. The zero-order valence-corrected chi connectivity index (χ0v) is 24.3. The highest BCUT2D eigenvalue weighted by Crippen LogP contribution is 2.42. The number of ether oxygens (including phenoxy) is 2. The smallest absolute Gasteiger partial charge is 0.410 e. The number of aliphatic carboxylic acids is 1. The van der Waals surface area contributed by atoms with Crippen molar-refractivity contribution in [1.29, 1.82) is 0 Å². The fourth-order valence-corrected chi connectivity index (χ4v) is 6.20. The topological polar surface area (TPSA) is 132 Å². The van der Waals surface area contributed by atoms with Crippen LogP contribution < -0.4 is 10.5 Å². The molecule has 6 rings (SSSR count). The van der Waals surface area contributed by atoms with E-state index in [2.05, 4.69) is 5.10 Å². The van der Waals surface area contributed by atoms with Gasteiger partial charge in [-0.1, -0.05) is 19.1 Å². The van der Waals surface area contributed by atoms with E-state index in [9.17, 15) is 19.5 Å². The van der Waals surface area contributed by atoms with Gasteiger partial charge in [0.2, 0.25) is 5.78 Å². The molecule has 0 aliphatic carbocycles. The summed E-state index contributed by atoms with van der Waals surface area (Å²) < 4.78 is 14.3. The van der Waals surface area contributed by atoms with E-state index in [-0.39, 0.29) is 22.9 Å². The van der Waals surface area contributed by atoms with Crippen LogP contribution in [0.1, 0.15) is 76.7 Å². The molecular formula is C29H36N6O6. The molecule has 0 saturated carbocycles. The molecule has 5 heterocycles. The van der Waals surface area contributed by atoms with Crippen molar-refractivity contribution in [3.05, 3.63) is 45.4 Å². The Morgan fingerprint density at radius 2 is 1.85 bits per heavy atom. The number of nitrogens with zero attached hydrogens (tertiary/aromatic N) is 6. The van der Waals surface area contributed by atoms with E-state index in [1.165, 1.54) is 4.52 Å². The standard InChI is InChI=1S/C29H36N6O6/c1-16-13-20(25(37)38)34-21(16)22(32-9-11-33(12-10-32)27(39)41-28(2,3)4)24(36)35-26(34)30-23(31-35)17-7-8-19-18(14-17)15-40-29(19,5)6/h7-8,14,16,20H,9-13,15H2,1-6H3,(H,37,38). The number of carbonyl (C=O) groups is 2. The van der Waals surface area contributed by atoms with Gasteiger partial charge in [0.25, 0.3) is 5.56 Å². The zero-order valence-electron chi connectivity index (χ0n) is 24.3. The monoisotopic (exact) mass is 564 g/mol. The average Bonchev–Trinajstić information content (AvgIpc) is 3.57. The number of benzene rings is 1. The molecule has 0 bridgehead atoms. The molecule has 0 radical (unpaired) electrons. The lowest BCUT2D eigenvalue weighted by Crippen LogP contribution is -2.51. The molecule has 3 aromatic rings. The molecule has 2 aromatic heterocycles. The molecule has 1 aromatic carbocycles. The van der Waals surface area contributed by atoms with Crippen molar-refractivity contribution in [1.82, 2.24) is 24.1 Å². The van der Waals surface area contributed by atoms with Crippen molar-refractivity contribution in [2.45, 2.75) is 77.7 Å². The lowest BCUT2D eigenvalue weighted by molar-refractivity contribution is -0.140. The van der Waals surface area contributed by atoms with Gasteiger partial charge in [0, 0.05) is 37.7 Å². The second-order valence-electron chi connectivity index (χ2n) is 12.7. The van der Waals surface area contributed by atoms with E-state index in [1.807, 2.05) is 64.6 Å². The van der Waals surface area contributed by atoms with Crippen molar-refractivity contribution in [2.24, 2.45) is 0 Å². The van der Waals surface area contributed by atoms with Crippen LogP contribution in [0.4, 0.5) is 10.5 Å². The number of amides is 1. The third kappa shape index (κ3) is 4.54. The van der Waals surface area contributed by atoms with Gasteiger partial charge in [-0.15, -0.1) is 5.10 Å². The summed E-state index contributed by atoms with van der Waals surface area (Å²) >= 11 is 0. The van der Waals surface area contributed by atoms with Crippen LogP contribution in [0.5, 0.6) is 0 Å². The summed E-state index contributed by atoms with van der Waals surface area (Å²) in [6.45, 7) is 13.5. The largest absolute Gasteiger partial charge is 0.480 e. The first kappa shape index (κ1) is 27.3. The van der Waals surface area contributed by atoms with Gasteiger partial charge in [0.1, 0.15) is 17.3 Å². The molecule has 12 heteroatoms. The van der Waals surface area contributed by atoms with Crippen LogP contribution in [0, 0.1) is 0 Å².